The molecular weight excluding hydrogens is 354 g/mol. The molecule has 3 rings (SSSR count). The highest BCUT2D eigenvalue weighted by Crippen LogP contribution is 2.34. The third-order valence-corrected chi connectivity index (χ3v) is 7.02. The number of nitrogens with zero attached hydrogens (tertiary/aromatic N) is 1. The lowest BCUT2D eigenvalue weighted by Crippen LogP contribution is -2.34. The quantitative estimate of drug-likeness (QED) is 0.743. The Kier molecular flexibility index (Phi) is 4.96. The highest BCUT2D eigenvalue weighted by Gasteiger charge is 2.38. The maximum absolute atomic E-state index is 13.0. The zero-order valence-corrected chi connectivity index (χ0v) is 15.1. The van der Waals surface area contributed by atoms with Gasteiger partial charge in [0.2, 0.25) is 10.0 Å². The summed E-state index contributed by atoms with van der Waals surface area (Å²) in [5.74, 6) is 0.474. The lowest BCUT2D eigenvalue weighted by molar-refractivity contribution is 0.406. The smallest absolute Gasteiger partial charge is 0.243 e. The van der Waals surface area contributed by atoms with Crippen LogP contribution in [0, 0.1) is 0 Å². The molecule has 1 fully saturated rings. The number of hydrogen-bond acceptors (Lipinski definition) is 4. The lowest BCUT2D eigenvalue weighted by Gasteiger charge is -2.22. The Morgan fingerprint density at radius 3 is 2.70 bits per heavy atom. The van der Waals surface area contributed by atoms with Gasteiger partial charge in [0.25, 0.3) is 0 Å². The number of hydrogen-bond donors (Lipinski definition) is 0. The minimum Gasteiger partial charge on any atom is -0.495 e. The fraction of sp³-hybridized carbons (Fsp3) is 0.375. The van der Waals surface area contributed by atoms with Gasteiger partial charge in [-0.25, -0.2) is 8.42 Å². The van der Waals surface area contributed by atoms with Gasteiger partial charge in [-0.3, -0.25) is 0 Å². The average molecular weight is 372 g/mol. The van der Waals surface area contributed by atoms with E-state index in [9.17, 15) is 8.42 Å². The first-order valence-electron chi connectivity index (χ1n) is 7.40. The average Bonchev–Trinajstić information content (AvgIpc) is 3.22. The van der Waals surface area contributed by atoms with E-state index >= 15 is 0 Å². The van der Waals surface area contributed by atoms with Crippen molar-refractivity contribution in [3.8, 4) is 5.75 Å². The first kappa shape index (κ1) is 16.8. The van der Waals surface area contributed by atoms with Crippen LogP contribution in [-0.4, -0.2) is 32.4 Å². The molecule has 1 aliphatic rings. The molecule has 0 aliphatic heterocycles. The number of ether oxygens (including phenoxy) is 1. The Morgan fingerprint density at radius 1 is 1.35 bits per heavy atom. The zero-order chi connectivity index (χ0) is 16.4. The Balaban J connectivity index is 1.84. The van der Waals surface area contributed by atoms with Crippen molar-refractivity contribution in [2.45, 2.75) is 30.2 Å². The Bertz CT molecular complexity index is 771. The van der Waals surface area contributed by atoms with Crippen molar-refractivity contribution in [2.24, 2.45) is 0 Å². The number of methoxy groups -OCH3 is 1. The zero-order valence-electron chi connectivity index (χ0n) is 12.7. The summed E-state index contributed by atoms with van der Waals surface area (Å²) >= 11 is 7.74. The van der Waals surface area contributed by atoms with Gasteiger partial charge in [-0.1, -0.05) is 17.7 Å². The van der Waals surface area contributed by atoms with E-state index in [4.69, 9.17) is 16.3 Å². The van der Waals surface area contributed by atoms with Gasteiger partial charge in [0, 0.05) is 17.5 Å². The largest absolute Gasteiger partial charge is 0.495 e. The number of halogens is 1. The topological polar surface area (TPSA) is 46.6 Å². The maximum atomic E-state index is 13.0. The lowest BCUT2D eigenvalue weighted by atomic mass is 10.3. The molecule has 7 heteroatoms. The van der Waals surface area contributed by atoms with Crippen LogP contribution < -0.4 is 4.74 Å². The third kappa shape index (κ3) is 3.71. The van der Waals surface area contributed by atoms with Crippen LogP contribution in [0.1, 0.15) is 17.7 Å². The van der Waals surface area contributed by atoms with Gasteiger partial charge in [-0.05, 0) is 48.9 Å². The molecule has 0 atom stereocenters. The highest BCUT2D eigenvalue weighted by atomic mass is 35.5. The Morgan fingerprint density at radius 2 is 2.13 bits per heavy atom. The molecule has 4 nitrogen and oxygen atoms in total. The predicted octanol–water partition coefficient (Wildman–Crippen LogP) is 3.81. The molecule has 0 bridgehead atoms. The van der Waals surface area contributed by atoms with E-state index in [-0.39, 0.29) is 10.9 Å². The van der Waals surface area contributed by atoms with Crippen molar-refractivity contribution >= 4 is 33.0 Å². The standard InChI is InChI=1S/C16H18ClNO3S2/c1-21-16-7-6-14(11-15(16)17)23(19,20)18(12-4-5-12)9-8-13-3-2-10-22-13/h2-3,6-7,10-12H,4-5,8-9H2,1H3. The number of sulfonamides is 1. The molecule has 0 saturated heterocycles. The molecule has 0 amide bonds. The second-order valence-corrected chi connectivity index (χ2v) is 8.80. The third-order valence-electron chi connectivity index (χ3n) is 3.84. The van der Waals surface area contributed by atoms with Crippen LogP contribution in [0.15, 0.2) is 40.6 Å². The molecule has 1 aliphatic carbocycles. The second-order valence-electron chi connectivity index (χ2n) is 5.47. The van der Waals surface area contributed by atoms with E-state index < -0.39 is 10.0 Å². The first-order valence-corrected chi connectivity index (χ1v) is 10.1. The summed E-state index contributed by atoms with van der Waals surface area (Å²) in [5.41, 5.74) is 0. The molecule has 23 heavy (non-hydrogen) atoms. The molecule has 0 radical (unpaired) electrons. The molecule has 1 saturated carbocycles. The van der Waals surface area contributed by atoms with Gasteiger partial charge in [-0.2, -0.15) is 4.31 Å². The molecule has 1 aromatic heterocycles. The van der Waals surface area contributed by atoms with Crippen molar-refractivity contribution in [1.29, 1.82) is 0 Å². The molecule has 0 N–H and O–H groups in total. The van der Waals surface area contributed by atoms with E-state index in [1.54, 1.807) is 27.8 Å². The molecule has 1 heterocycles. The number of rotatable bonds is 7. The molecular formula is C16H18ClNO3S2. The van der Waals surface area contributed by atoms with Crippen molar-refractivity contribution in [2.75, 3.05) is 13.7 Å². The second kappa shape index (κ2) is 6.81. The summed E-state index contributed by atoms with van der Waals surface area (Å²) in [6.45, 7) is 0.497. The van der Waals surface area contributed by atoms with Gasteiger partial charge >= 0.3 is 0 Å². The van der Waals surface area contributed by atoms with Crippen molar-refractivity contribution in [1.82, 2.24) is 4.31 Å². The van der Waals surface area contributed by atoms with E-state index in [2.05, 4.69) is 0 Å². The van der Waals surface area contributed by atoms with Gasteiger partial charge in [0.15, 0.2) is 0 Å². The summed E-state index contributed by atoms with van der Waals surface area (Å²) in [5, 5.41) is 2.32. The van der Waals surface area contributed by atoms with Gasteiger partial charge < -0.3 is 4.74 Å². The van der Waals surface area contributed by atoms with E-state index in [0.717, 1.165) is 19.3 Å². The monoisotopic (exact) mass is 371 g/mol. The summed E-state index contributed by atoms with van der Waals surface area (Å²) in [6, 6.07) is 8.75. The summed E-state index contributed by atoms with van der Waals surface area (Å²) in [7, 11) is -2.03. The first-order chi connectivity index (χ1) is 11.0. The number of benzene rings is 1. The van der Waals surface area contributed by atoms with E-state index in [0.29, 0.717) is 17.3 Å². The van der Waals surface area contributed by atoms with E-state index in [1.807, 2.05) is 17.5 Å². The number of thiophene rings is 1. The predicted molar refractivity (Wildman–Crippen MR) is 92.9 cm³/mol. The maximum Gasteiger partial charge on any atom is 0.243 e. The van der Waals surface area contributed by atoms with Crippen LogP contribution in [0.3, 0.4) is 0 Å². The van der Waals surface area contributed by atoms with Crippen LogP contribution in [0.2, 0.25) is 5.02 Å². The van der Waals surface area contributed by atoms with Crippen LogP contribution >= 0.6 is 22.9 Å². The van der Waals surface area contributed by atoms with Crippen molar-refractivity contribution < 1.29 is 13.2 Å². The van der Waals surface area contributed by atoms with Crippen molar-refractivity contribution in [3.05, 3.63) is 45.6 Å². The van der Waals surface area contributed by atoms with Gasteiger partial charge in [0.05, 0.1) is 17.0 Å². The fourth-order valence-corrected chi connectivity index (χ4v) is 5.21. The Hall–Kier alpha value is -1.08. The normalized spacial score (nSPS) is 15.1. The molecule has 2 aromatic rings. The summed E-state index contributed by atoms with van der Waals surface area (Å²) < 4.78 is 32.6. The van der Waals surface area contributed by atoms with Gasteiger partial charge in [-0.15, -0.1) is 11.3 Å². The van der Waals surface area contributed by atoms with Crippen LogP contribution in [0.25, 0.3) is 0 Å². The molecule has 0 unspecified atom stereocenters. The van der Waals surface area contributed by atoms with E-state index in [1.165, 1.54) is 18.1 Å². The summed E-state index contributed by atoms with van der Waals surface area (Å²) in [4.78, 5) is 1.42. The molecule has 0 spiro atoms. The fourth-order valence-electron chi connectivity index (χ4n) is 2.48. The Labute approximate surface area is 145 Å². The molecule has 124 valence electrons. The van der Waals surface area contributed by atoms with Crippen molar-refractivity contribution in [3.63, 3.8) is 0 Å². The van der Waals surface area contributed by atoms with Crippen LogP contribution in [-0.2, 0) is 16.4 Å². The molecule has 1 aromatic carbocycles. The summed E-state index contributed by atoms with van der Waals surface area (Å²) in [6.07, 6.45) is 2.58. The van der Waals surface area contributed by atoms with Crippen LogP contribution in [0.5, 0.6) is 5.75 Å². The highest BCUT2D eigenvalue weighted by molar-refractivity contribution is 7.89. The SMILES string of the molecule is COc1ccc(S(=O)(=O)N(CCc2cccs2)C2CC2)cc1Cl. The van der Waals surface area contributed by atoms with Crippen LogP contribution in [0.4, 0.5) is 0 Å². The van der Waals surface area contributed by atoms with Gasteiger partial charge in [0.1, 0.15) is 5.75 Å². The minimum absolute atomic E-state index is 0.112. The minimum atomic E-state index is -3.54.